The Balaban J connectivity index is 2.27. The van der Waals surface area contributed by atoms with Crippen LogP contribution in [0.4, 0.5) is 0 Å². The molecule has 96 valence electrons. The lowest BCUT2D eigenvalue weighted by atomic mass is 9.90. The molecule has 0 spiro atoms. The molecular weight excluding hydrogens is 228 g/mol. The molecule has 0 saturated heterocycles. The number of hydrogen-bond acceptors (Lipinski definition) is 3. The molecule has 0 aliphatic heterocycles. The number of nitrogens with zero attached hydrogens (tertiary/aromatic N) is 1. The maximum atomic E-state index is 6.25. The van der Waals surface area contributed by atoms with Gasteiger partial charge < -0.3 is 5.73 Å². The third kappa shape index (κ3) is 2.89. The average Bonchev–Trinajstić information content (AvgIpc) is 2.74. The van der Waals surface area contributed by atoms with Crippen molar-refractivity contribution in [2.75, 3.05) is 0 Å². The van der Waals surface area contributed by atoms with E-state index in [4.69, 9.17) is 10.7 Å². The Labute approximate surface area is 109 Å². The summed E-state index contributed by atoms with van der Waals surface area (Å²) in [4.78, 5) is 6.15. The van der Waals surface area contributed by atoms with E-state index in [1.54, 1.807) is 0 Å². The van der Waals surface area contributed by atoms with Crippen molar-refractivity contribution in [3.63, 3.8) is 0 Å². The van der Waals surface area contributed by atoms with E-state index in [0.29, 0.717) is 5.92 Å². The molecule has 0 bridgehead atoms. The van der Waals surface area contributed by atoms with Gasteiger partial charge in [-0.2, -0.15) is 0 Å². The van der Waals surface area contributed by atoms with Crippen LogP contribution in [0, 0.1) is 0 Å². The standard InChI is InChI=1S/C14H24N2S/c1-4-11-12(14(2,3)15)17-13(16-11)10-8-6-5-7-9-10/h10H,4-9,15H2,1-3H3. The summed E-state index contributed by atoms with van der Waals surface area (Å²) in [6, 6.07) is 0. The Morgan fingerprint density at radius 3 is 2.41 bits per heavy atom. The summed E-state index contributed by atoms with van der Waals surface area (Å²) in [6.45, 7) is 6.35. The van der Waals surface area contributed by atoms with E-state index in [-0.39, 0.29) is 5.54 Å². The first-order chi connectivity index (χ1) is 8.02. The van der Waals surface area contributed by atoms with Gasteiger partial charge >= 0.3 is 0 Å². The lowest BCUT2D eigenvalue weighted by Gasteiger charge is -2.19. The highest BCUT2D eigenvalue weighted by Gasteiger charge is 2.26. The Hall–Kier alpha value is -0.410. The van der Waals surface area contributed by atoms with Crippen molar-refractivity contribution in [1.82, 2.24) is 4.98 Å². The summed E-state index contributed by atoms with van der Waals surface area (Å²) in [7, 11) is 0. The topological polar surface area (TPSA) is 38.9 Å². The maximum absolute atomic E-state index is 6.25. The average molecular weight is 252 g/mol. The van der Waals surface area contributed by atoms with Gasteiger partial charge in [-0.15, -0.1) is 11.3 Å². The van der Waals surface area contributed by atoms with Crippen LogP contribution in [-0.4, -0.2) is 4.98 Å². The van der Waals surface area contributed by atoms with Gasteiger partial charge in [0.1, 0.15) is 0 Å². The van der Waals surface area contributed by atoms with E-state index in [9.17, 15) is 0 Å². The quantitative estimate of drug-likeness (QED) is 0.884. The van der Waals surface area contributed by atoms with Crippen LogP contribution < -0.4 is 5.73 Å². The molecule has 1 aliphatic carbocycles. The van der Waals surface area contributed by atoms with Gasteiger partial charge in [-0.25, -0.2) is 4.98 Å². The van der Waals surface area contributed by atoms with E-state index in [1.165, 1.54) is 47.7 Å². The fourth-order valence-corrected chi connectivity index (χ4v) is 3.98. The Morgan fingerprint density at radius 1 is 1.29 bits per heavy atom. The van der Waals surface area contributed by atoms with E-state index in [1.807, 2.05) is 11.3 Å². The van der Waals surface area contributed by atoms with Gasteiger partial charge in [0, 0.05) is 16.3 Å². The Kier molecular flexibility index (Phi) is 3.88. The zero-order valence-corrected chi connectivity index (χ0v) is 12.1. The summed E-state index contributed by atoms with van der Waals surface area (Å²) < 4.78 is 0. The molecule has 2 nitrogen and oxygen atoms in total. The molecule has 0 aromatic carbocycles. The maximum Gasteiger partial charge on any atom is 0.0962 e. The second-order valence-corrected chi connectivity index (χ2v) is 6.77. The molecule has 2 N–H and O–H groups in total. The second kappa shape index (κ2) is 5.07. The lowest BCUT2D eigenvalue weighted by Crippen LogP contribution is -2.28. The molecule has 1 aromatic heterocycles. The number of nitrogens with two attached hydrogens (primary N) is 1. The highest BCUT2D eigenvalue weighted by molar-refractivity contribution is 7.12. The molecule has 3 heteroatoms. The molecule has 0 atom stereocenters. The number of rotatable bonds is 3. The summed E-state index contributed by atoms with van der Waals surface area (Å²) in [5, 5.41) is 1.34. The summed E-state index contributed by atoms with van der Waals surface area (Å²) in [5.74, 6) is 0.704. The number of aromatic nitrogens is 1. The van der Waals surface area contributed by atoms with Crippen molar-refractivity contribution >= 4 is 11.3 Å². The molecule has 17 heavy (non-hydrogen) atoms. The molecule has 1 fully saturated rings. The van der Waals surface area contributed by atoms with Crippen molar-refractivity contribution in [3.8, 4) is 0 Å². The molecular formula is C14H24N2S. The molecule has 1 saturated carbocycles. The van der Waals surface area contributed by atoms with Gasteiger partial charge in [-0.05, 0) is 33.1 Å². The fourth-order valence-electron chi connectivity index (χ4n) is 2.64. The summed E-state index contributed by atoms with van der Waals surface area (Å²) in [6.07, 6.45) is 7.78. The minimum Gasteiger partial charge on any atom is -0.321 e. The van der Waals surface area contributed by atoms with Crippen LogP contribution in [0.1, 0.15) is 74.4 Å². The van der Waals surface area contributed by atoms with Crippen LogP contribution >= 0.6 is 11.3 Å². The van der Waals surface area contributed by atoms with Gasteiger partial charge in [-0.1, -0.05) is 26.2 Å². The Bertz CT molecular complexity index is 370. The van der Waals surface area contributed by atoms with Crippen molar-refractivity contribution in [2.45, 2.75) is 70.8 Å². The number of aryl methyl sites for hydroxylation is 1. The van der Waals surface area contributed by atoms with Crippen LogP contribution in [-0.2, 0) is 12.0 Å². The van der Waals surface area contributed by atoms with Crippen molar-refractivity contribution < 1.29 is 0 Å². The molecule has 2 rings (SSSR count). The van der Waals surface area contributed by atoms with Crippen LogP contribution in [0.2, 0.25) is 0 Å². The van der Waals surface area contributed by atoms with Crippen LogP contribution in [0.3, 0.4) is 0 Å². The highest BCUT2D eigenvalue weighted by atomic mass is 32.1. The van der Waals surface area contributed by atoms with Crippen molar-refractivity contribution in [2.24, 2.45) is 5.73 Å². The zero-order valence-electron chi connectivity index (χ0n) is 11.3. The van der Waals surface area contributed by atoms with Gasteiger partial charge in [0.15, 0.2) is 0 Å². The van der Waals surface area contributed by atoms with Crippen molar-refractivity contribution in [1.29, 1.82) is 0 Å². The van der Waals surface area contributed by atoms with Gasteiger partial charge in [0.25, 0.3) is 0 Å². The van der Waals surface area contributed by atoms with Gasteiger partial charge in [0.05, 0.1) is 10.7 Å². The minimum absolute atomic E-state index is 0.240. The summed E-state index contributed by atoms with van der Waals surface area (Å²) in [5.41, 5.74) is 7.23. The SMILES string of the molecule is CCc1nc(C2CCCCC2)sc1C(C)(C)N. The van der Waals surface area contributed by atoms with Gasteiger partial charge in [0.2, 0.25) is 0 Å². The molecule has 1 aromatic rings. The zero-order chi connectivity index (χ0) is 12.5. The predicted molar refractivity (Wildman–Crippen MR) is 74.5 cm³/mol. The van der Waals surface area contributed by atoms with Crippen LogP contribution in [0.5, 0.6) is 0 Å². The first-order valence-electron chi connectivity index (χ1n) is 6.81. The molecule has 0 amide bonds. The summed E-state index contributed by atoms with van der Waals surface area (Å²) >= 11 is 1.86. The molecule has 1 heterocycles. The lowest BCUT2D eigenvalue weighted by molar-refractivity contribution is 0.442. The van der Waals surface area contributed by atoms with Gasteiger partial charge in [-0.3, -0.25) is 0 Å². The van der Waals surface area contributed by atoms with Crippen LogP contribution in [0.25, 0.3) is 0 Å². The normalized spacial score (nSPS) is 18.6. The first kappa shape index (κ1) is 13.0. The molecule has 1 aliphatic rings. The van der Waals surface area contributed by atoms with E-state index in [2.05, 4.69) is 20.8 Å². The van der Waals surface area contributed by atoms with E-state index < -0.39 is 0 Å². The third-order valence-electron chi connectivity index (χ3n) is 3.59. The largest absolute Gasteiger partial charge is 0.321 e. The Morgan fingerprint density at radius 2 is 1.94 bits per heavy atom. The molecule has 0 unspecified atom stereocenters. The number of thiazole rings is 1. The van der Waals surface area contributed by atoms with E-state index in [0.717, 1.165) is 6.42 Å². The third-order valence-corrected chi connectivity index (χ3v) is 5.19. The first-order valence-corrected chi connectivity index (χ1v) is 7.63. The van der Waals surface area contributed by atoms with Crippen molar-refractivity contribution in [3.05, 3.63) is 15.6 Å². The fraction of sp³-hybridized carbons (Fsp3) is 0.786. The smallest absolute Gasteiger partial charge is 0.0962 e. The molecule has 0 radical (unpaired) electrons. The van der Waals surface area contributed by atoms with Crippen LogP contribution in [0.15, 0.2) is 0 Å². The van der Waals surface area contributed by atoms with E-state index >= 15 is 0 Å². The monoisotopic (exact) mass is 252 g/mol. The number of hydrogen-bond donors (Lipinski definition) is 1. The second-order valence-electron chi connectivity index (χ2n) is 5.74. The predicted octanol–water partition coefficient (Wildman–Crippen LogP) is 3.95. The highest BCUT2D eigenvalue weighted by Crippen LogP contribution is 2.38. The minimum atomic E-state index is -0.240.